The van der Waals surface area contributed by atoms with Crippen LogP contribution in [-0.4, -0.2) is 20.8 Å². The Labute approximate surface area is 120 Å². The van der Waals surface area contributed by atoms with Crippen molar-refractivity contribution in [3.63, 3.8) is 0 Å². The highest BCUT2D eigenvalue weighted by Crippen LogP contribution is 2.27. The zero-order chi connectivity index (χ0) is 15.4. The molecule has 1 aromatic carbocycles. The van der Waals surface area contributed by atoms with Gasteiger partial charge in [0.1, 0.15) is 5.75 Å². The molecule has 0 aliphatic heterocycles. The molecule has 0 bridgehead atoms. The topological polar surface area (TPSA) is 93.2 Å². The molecule has 0 radical (unpaired) electrons. The molecule has 1 aromatic rings. The van der Waals surface area contributed by atoms with Gasteiger partial charge < -0.3 is 4.74 Å². The van der Waals surface area contributed by atoms with Gasteiger partial charge in [-0.25, -0.2) is 13.6 Å². The minimum atomic E-state index is -3.54. The van der Waals surface area contributed by atoms with E-state index in [1.165, 1.54) is 0 Å². The zero-order valence-corrected chi connectivity index (χ0v) is 12.8. The van der Waals surface area contributed by atoms with Crippen LogP contribution in [0.4, 0.5) is 0 Å². The molecule has 1 unspecified atom stereocenters. The third-order valence-electron chi connectivity index (χ3n) is 3.09. The summed E-state index contributed by atoms with van der Waals surface area (Å²) in [7, 11) is -3.54. The van der Waals surface area contributed by atoms with Crippen molar-refractivity contribution in [2.45, 2.75) is 20.8 Å². The van der Waals surface area contributed by atoms with E-state index in [0.29, 0.717) is 11.3 Å². The van der Waals surface area contributed by atoms with Gasteiger partial charge in [-0.05, 0) is 29.7 Å². The summed E-state index contributed by atoms with van der Waals surface area (Å²) < 4.78 is 28.1. The number of sulfonamides is 1. The van der Waals surface area contributed by atoms with E-state index in [2.05, 4.69) is 0 Å². The Balaban J connectivity index is 2.73. The Kier molecular flexibility index (Phi) is 5.15. The number of hydrogen-bond donors (Lipinski definition) is 1. The molecule has 0 fully saturated rings. The van der Waals surface area contributed by atoms with Gasteiger partial charge in [0.15, 0.2) is 0 Å². The predicted octanol–water partition coefficient (Wildman–Crippen LogP) is 1.89. The summed E-state index contributed by atoms with van der Waals surface area (Å²) in [5.74, 6) is 0.271. The molecule has 6 heteroatoms. The molecule has 20 heavy (non-hydrogen) atoms. The molecule has 0 aliphatic carbocycles. The van der Waals surface area contributed by atoms with Crippen molar-refractivity contribution in [1.82, 2.24) is 0 Å². The first-order valence-corrected chi connectivity index (χ1v) is 7.97. The van der Waals surface area contributed by atoms with Gasteiger partial charge in [0, 0.05) is 5.92 Å². The summed E-state index contributed by atoms with van der Waals surface area (Å²) in [5, 5.41) is 13.8. The molecular weight excluding hydrogens is 276 g/mol. The van der Waals surface area contributed by atoms with Crippen LogP contribution < -0.4 is 9.88 Å². The molecular formula is C14H20N2O3S. The third-order valence-corrected chi connectivity index (χ3v) is 3.96. The quantitative estimate of drug-likeness (QED) is 0.897. The van der Waals surface area contributed by atoms with Crippen molar-refractivity contribution in [2.75, 3.05) is 12.4 Å². The molecule has 1 rings (SSSR count). The standard InChI is InChI=1S/C14H20N2O3S/c1-14(2,3)12(10-20(16,17)18)9-19-13-6-4-11(8-15)5-7-13/h4-7,12H,9-10H2,1-3H3,(H2,16,17,18). The number of ether oxygens (including phenoxy) is 1. The summed E-state index contributed by atoms with van der Waals surface area (Å²) in [6, 6.07) is 8.71. The molecule has 0 heterocycles. The number of nitrogens with zero attached hydrogens (tertiary/aromatic N) is 1. The summed E-state index contributed by atoms with van der Waals surface area (Å²) in [4.78, 5) is 0. The SMILES string of the molecule is CC(C)(C)C(COc1ccc(C#N)cc1)CS(N)(=O)=O. The van der Waals surface area contributed by atoms with E-state index in [0.717, 1.165) is 0 Å². The summed E-state index contributed by atoms with van der Waals surface area (Å²) in [5.41, 5.74) is 0.313. The van der Waals surface area contributed by atoms with Gasteiger partial charge in [-0.3, -0.25) is 0 Å². The molecule has 0 saturated carbocycles. The number of rotatable bonds is 5. The van der Waals surface area contributed by atoms with Crippen molar-refractivity contribution < 1.29 is 13.2 Å². The number of primary sulfonamides is 1. The van der Waals surface area contributed by atoms with Crippen molar-refractivity contribution >= 4 is 10.0 Å². The van der Waals surface area contributed by atoms with Gasteiger partial charge in [-0.1, -0.05) is 20.8 Å². The average molecular weight is 296 g/mol. The van der Waals surface area contributed by atoms with Crippen molar-refractivity contribution in [3.05, 3.63) is 29.8 Å². The third kappa shape index (κ3) is 5.59. The largest absolute Gasteiger partial charge is 0.493 e. The highest BCUT2D eigenvalue weighted by Gasteiger charge is 2.29. The molecule has 0 aromatic heterocycles. The summed E-state index contributed by atoms with van der Waals surface area (Å²) in [6.45, 7) is 6.10. The second-order valence-corrected chi connectivity index (χ2v) is 7.50. The van der Waals surface area contributed by atoms with Crippen LogP contribution in [0.15, 0.2) is 24.3 Å². The molecule has 0 amide bonds. The van der Waals surface area contributed by atoms with E-state index in [-0.39, 0.29) is 23.7 Å². The Morgan fingerprint density at radius 2 is 1.85 bits per heavy atom. The van der Waals surface area contributed by atoms with Gasteiger partial charge in [-0.2, -0.15) is 5.26 Å². The fourth-order valence-electron chi connectivity index (χ4n) is 1.65. The molecule has 1 atom stereocenters. The van der Waals surface area contributed by atoms with E-state index in [1.807, 2.05) is 26.8 Å². The lowest BCUT2D eigenvalue weighted by Gasteiger charge is -2.29. The Morgan fingerprint density at radius 3 is 2.25 bits per heavy atom. The lowest BCUT2D eigenvalue weighted by Crippen LogP contribution is -2.35. The minimum Gasteiger partial charge on any atom is -0.493 e. The predicted molar refractivity (Wildman–Crippen MR) is 77.6 cm³/mol. The molecule has 0 aliphatic rings. The normalized spacial score (nSPS) is 13.6. The van der Waals surface area contributed by atoms with Crippen LogP contribution >= 0.6 is 0 Å². The van der Waals surface area contributed by atoms with Crippen molar-refractivity contribution in [2.24, 2.45) is 16.5 Å². The second-order valence-electron chi connectivity index (χ2n) is 5.84. The van der Waals surface area contributed by atoms with Gasteiger partial charge in [0.2, 0.25) is 10.0 Å². The number of nitriles is 1. The highest BCUT2D eigenvalue weighted by atomic mass is 32.2. The van der Waals surface area contributed by atoms with E-state index < -0.39 is 10.0 Å². The van der Waals surface area contributed by atoms with Crippen LogP contribution in [0.5, 0.6) is 5.75 Å². The van der Waals surface area contributed by atoms with Gasteiger partial charge in [-0.15, -0.1) is 0 Å². The molecule has 2 N–H and O–H groups in total. The summed E-state index contributed by atoms with van der Waals surface area (Å²) >= 11 is 0. The van der Waals surface area contributed by atoms with E-state index >= 15 is 0 Å². The zero-order valence-electron chi connectivity index (χ0n) is 12.0. The van der Waals surface area contributed by atoms with Gasteiger partial charge in [0.05, 0.1) is 24.0 Å². The van der Waals surface area contributed by atoms with Crippen molar-refractivity contribution in [3.8, 4) is 11.8 Å². The van der Waals surface area contributed by atoms with Crippen LogP contribution in [0.1, 0.15) is 26.3 Å². The highest BCUT2D eigenvalue weighted by molar-refractivity contribution is 7.89. The van der Waals surface area contributed by atoms with E-state index in [9.17, 15) is 8.42 Å². The minimum absolute atomic E-state index is 0.118. The Bertz CT molecular complexity index is 580. The van der Waals surface area contributed by atoms with Crippen LogP contribution in [0.25, 0.3) is 0 Å². The lowest BCUT2D eigenvalue weighted by atomic mass is 9.82. The van der Waals surface area contributed by atoms with Crippen LogP contribution in [0.2, 0.25) is 0 Å². The number of nitrogens with two attached hydrogens (primary N) is 1. The van der Waals surface area contributed by atoms with E-state index in [4.69, 9.17) is 15.1 Å². The number of hydrogen-bond acceptors (Lipinski definition) is 4. The maximum Gasteiger partial charge on any atom is 0.209 e. The molecule has 110 valence electrons. The maximum atomic E-state index is 11.3. The van der Waals surface area contributed by atoms with Crippen LogP contribution in [0, 0.1) is 22.7 Å². The first-order valence-electron chi connectivity index (χ1n) is 6.25. The van der Waals surface area contributed by atoms with E-state index in [1.54, 1.807) is 24.3 Å². The van der Waals surface area contributed by atoms with Gasteiger partial charge >= 0.3 is 0 Å². The molecule has 0 saturated heterocycles. The van der Waals surface area contributed by atoms with Crippen molar-refractivity contribution in [1.29, 1.82) is 5.26 Å². The Morgan fingerprint density at radius 1 is 1.30 bits per heavy atom. The monoisotopic (exact) mass is 296 g/mol. The second kappa shape index (κ2) is 6.25. The summed E-state index contributed by atoms with van der Waals surface area (Å²) in [6.07, 6.45) is 0. The first-order chi connectivity index (χ1) is 9.12. The maximum absolute atomic E-state index is 11.3. The smallest absolute Gasteiger partial charge is 0.209 e. The fourth-order valence-corrected chi connectivity index (χ4v) is 2.81. The van der Waals surface area contributed by atoms with Crippen LogP contribution in [-0.2, 0) is 10.0 Å². The Hall–Kier alpha value is -1.58. The lowest BCUT2D eigenvalue weighted by molar-refractivity contribution is 0.163. The average Bonchev–Trinajstić information content (AvgIpc) is 2.32. The first kappa shape index (κ1) is 16.5. The molecule has 5 nitrogen and oxygen atoms in total. The molecule has 0 spiro atoms. The number of benzene rings is 1. The fraction of sp³-hybridized carbons (Fsp3) is 0.500. The van der Waals surface area contributed by atoms with Crippen LogP contribution in [0.3, 0.4) is 0 Å². The van der Waals surface area contributed by atoms with Gasteiger partial charge in [0.25, 0.3) is 0 Å².